The van der Waals surface area contributed by atoms with Crippen LogP contribution in [0, 0.1) is 0 Å². The molecule has 0 unspecified atom stereocenters. The Balaban J connectivity index is 3.77. The molecule has 0 aliphatic heterocycles. The molecule has 0 rings (SSSR count). The van der Waals surface area contributed by atoms with E-state index in [1.54, 1.807) is 0 Å². The topological polar surface area (TPSA) is 74.7 Å². The van der Waals surface area contributed by atoms with Gasteiger partial charge in [0, 0.05) is 12.8 Å². The summed E-state index contributed by atoms with van der Waals surface area (Å²) >= 11 is 0. The summed E-state index contributed by atoms with van der Waals surface area (Å²) in [4.78, 5) is 38.7. The molecular weight excluding hydrogens is 643 g/mol. The van der Waals surface area contributed by atoms with Gasteiger partial charge in [-0.3, -0.25) is 14.5 Å². The number of unbranched alkanes of at least 4 members (excludes halogenated alkanes) is 36. The Morgan fingerprint density at radius 1 is 0.346 bits per heavy atom. The third-order valence-electron chi connectivity index (χ3n) is 11.3. The minimum absolute atomic E-state index is 0.265. The first-order chi connectivity index (χ1) is 25.5. The summed E-state index contributed by atoms with van der Waals surface area (Å²) in [5.41, 5.74) is 0. The largest absolute Gasteiger partial charge is 0.480 e. The molecule has 0 saturated carbocycles. The van der Waals surface area contributed by atoms with Gasteiger partial charge >= 0.3 is 5.97 Å². The lowest BCUT2D eigenvalue weighted by Crippen LogP contribution is -2.47. The van der Waals surface area contributed by atoms with Gasteiger partial charge in [-0.2, -0.15) is 0 Å². The van der Waals surface area contributed by atoms with Crippen LogP contribution in [0.25, 0.3) is 0 Å². The average Bonchev–Trinajstić information content (AvgIpc) is 3.13. The fourth-order valence-electron chi connectivity index (χ4n) is 7.63. The van der Waals surface area contributed by atoms with Crippen LogP contribution in [0.5, 0.6) is 0 Å². The van der Waals surface area contributed by atoms with E-state index >= 15 is 0 Å². The van der Waals surface area contributed by atoms with Crippen molar-refractivity contribution in [3.05, 3.63) is 0 Å². The third-order valence-corrected chi connectivity index (χ3v) is 11.3. The molecule has 52 heavy (non-hydrogen) atoms. The lowest BCUT2D eigenvalue weighted by Gasteiger charge is -2.25. The van der Waals surface area contributed by atoms with E-state index < -0.39 is 12.0 Å². The minimum atomic E-state index is -1.11. The highest BCUT2D eigenvalue weighted by Gasteiger charge is 2.30. The van der Waals surface area contributed by atoms with E-state index in [2.05, 4.69) is 13.8 Å². The summed E-state index contributed by atoms with van der Waals surface area (Å²) in [5, 5.41) is 9.57. The van der Waals surface area contributed by atoms with Gasteiger partial charge in [-0.05, 0) is 19.8 Å². The van der Waals surface area contributed by atoms with E-state index in [0.717, 1.165) is 43.4 Å². The zero-order chi connectivity index (χ0) is 38.2. The van der Waals surface area contributed by atoms with Crippen molar-refractivity contribution in [1.29, 1.82) is 0 Å². The number of nitrogens with zero attached hydrogens (tertiary/aromatic N) is 1. The molecule has 0 fully saturated rings. The normalized spacial score (nSPS) is 12.0. The predicted molar refractivity (Wildman–Crippen MR) is 225 cm³/mol. The Morgan fingerprint density at radius 3 is 0.692 bits per heavy atom. The van der Waals surface area contributed by atoms with Crippen molar-refractivity contribution in [2.45, 2.75) is 284 Å². The number of imide groups is 1. The molecule has 5 nitrogen and oxygen atoms in total. The Hall–Kier alpha value is -1.39. The van der Waals surface area contributed by atoms with Gasteiger partial charge in [0.25, 0.3) is 0 Å². The number of carbonyl (C=O) groups excluding carboxylic acids is 2. The van der Waals surface area contributed by atoms with E-state index in [-0.39, 0.29) is 24.7 Å². The maximum absolute atomic E-state index is 13.0. The van der Waals surface area contributed by atoms with Crippen LogP contribution in [0.15, 0.2) is 0 Å². The lowest BCUT2D eigenvalue weighted by atomic mass is 10.0. The summed E-state index contributed by atoms with van der Waals surface area (Å²) in [6.45, 7) is 6.02. The molecule has 308 valence electrons. The highest BCUT2D eigenvalue weighted by Crippen LogP contribution is 2.18. The standard InChI is InChI=1S/C47H91NO4/c1-4-6-8-10-12-14-16-18-20-22-24-26-28-30-32-34-36-38-40-42-45(49)48(44(3)47(51)52)46(50)43-41-39-37-35-33-31-29-27-25-23-21-19-17-15-13-11-9-7-5-2/h44H,4-43H2,1-3H3,(H,51,52)/t44-/m0/s1. The third kappa shape index (κ3) is 34.4. The van der Waals surface area contributed by atoms with E-state index in [0.29, 0.717) is 0 Å². The zero-order valence-corrected chi connectivity index (χ0v) is 35.5. The molecule has 5 heteroatoms. The fourth-order valence-corrected chi connectivity index (χ4v) is 7.63. The molecule has 1 N–H and O–H groups in total. The predicted octanol–water partition coefficient (Wildman–Crippen LogP) is 15.5. The van der Waals surface area contributed by atoms with Crippen molar-refractivity contribution in [1.82, 2.24) is 4.90 Å². The maximum atomic E-state index is 13.0. The van der Waals surface area contributed by atoms with Gasteiger partial charge in [0.05, 0.1) is 0 Å². The van der Waals surface area contributed by atoms with Crippen LogP contribution in [0.2, 0.25) is 0 Å². The lowest BCUT2D eigenvalue weighted by molar-refractivity contribution is -0.157. The van der Waals surface area contributed by atoms with Crippen molar-refractivity contribution < 1.29 is 19.5 Å². The molecule has 0 saturated heterocycles. The van der Waals surface area contributed by atoms with Crippen LogP contribution in [-0.2, 0) is 14.4 Å². The van der Waals surface area contributed by atoms with Crippen LogP contribution in [0.1, 0.15) is 278 Å². The molecule has 0 radical (unpaired) electrons. The monoisotopic (exact) mass is 734 g/mol. The SMILES string of the molecule is CCCCCCCCCCCCCCCCCCCCCC(=O)N(C(=O)CCCCCCCCCCCCCCCCCCCCC)[C@@H](C)C(=O)O. The number of carbonyl (C=O) groups is 3. The Morgan fingerprint density at radius 2 is 0.519 bits per heavy atom. The number of amides is 2. The molecule has 0 bridgehead atoms. The molecular formula is C47H91NO4. The second-order valence-corrected chi connectivity index (χ2v) is 16.4. The first-order valence-corrected chi connectivity index (χ1v) is 23.5. The number of carboxylic acid groups (broad SMARTS) is 1. The highest BCUT2D eigenvalue weighted by atomic mass is 16.4. The first kappa shape index (κ1) is 50.6. The quantitative estimate of drug-likeness (QED) is 0.0634. The van der Waals surface area contributed by atoms with Crippen molar-refractivity contribution in [2.75, 3.05) is 0 Å². The maximum Gasteiger partial charge on any atom is 0.326 e. The minimum Gasteiger partial charge on any atom is -0.480 e. The van der Waals surface area contributed by atoms with Gasteiger partial charge in [-0.1, -0.05) is 245 Å². The summed E-state index contributed by atoms with van der Waals surface area (Å²) in [5.74, 6) is -1.74. The second-order valence-electron chi connectivity index (χ2n) is 16.4. The molecule has 0 aromatic heterocycles. The zero-order valence-electron chi connectivity index (χ0n) is 35.5. The van der Waals surface area contributed by atoms with Gasteiger partial charge in [-0.15, -0.1) is 0 Å². The molecule has 0 heterocycles. The fraction of sp³-hybridized carbons (Fsp3) is 0.936. The molecule has 0 aromatic rings. The van der Waals surface area contributed by atoms with E-state index in [1.165, 1.54) is 212 Å². The number of carboxylic acids is 1. The summed E-state index contributed by atoms with van der Waals surface area (Å²) in [6.07, 6.45) is 49.9. The molecule has 0 spiro atoms. The Kier molecular flexibility index (Phi) is 39.7. The summed E-state index contributed by atoms with van der Waals surface area (Å²) in [6, 6.07) is -1.10. The summed E-state index contributed by atoms with van der Waals surface area (Å²) in [7, 11) is 0. The van der Waals surface area contributed by atoms with Gasteiger partial charge in [-0.25, -0.2) is 4.79 Å². The van der Waals surface area contributed by atoms with E-state index in [4.69, 9.17) is 0 Å². The van der Waals surface area contributed by atoms with Crippen molar-refractivity contribution in [2.24, 2.45) is 0 Å². The number of hydrogen-bond acceptors (Lipinski definition) is 3. The molecule has 0 aliphatic rings. The highest BCUT2D eigenvalue weighted by molar-refractivity contribution is 5.99. The number of rotatable bonds is 42. The van der Waals surface area contributed by atoms with Crippen molar-refractivity contribution >= 4 is 17.8 Å². The van der Waals surface area contributed by atoms with Crippen LogP contribution in [0.3, 0.4) is 0 Å². The first-order valence-electron chi connectivity index (χ1n) is 23.5. The van der Waals surface area contributed by atoms with Crippen LogP contribution in [-0.4, -0.2) is 33.8 Å². The smallest absolute Gasteiger partial charge is 0.326 e. The van der Waals surface area contributed by atoms with Gasteiger partial charge in [0.1, 0.15) is 6.04 Å². The number of aliphatic carboxylic acids is 1. The molecule has 2 amide bonds. The molecule has 0 aromatic carbocycles. The van der Waals surface area contributed by atoms with E-state index in [9.17, 15) is 19.5 Å². The van der Waals surface area contributed by atoms with Crippen molar-refractivity contribution in [3.63, 3.8) is 0 Å². The van der Waals surface area contributed by atoms with Gasteiger partial charge in [0.2, 0.25) is 11.8 Å². The average molecular weight is 734 g/mol. The Labute approximate surface area is 325 Å². The van der Waals surface area contributed by atoms with Crippen LogP contribution in [0.4, 0.5) is 0 Å². The summed E-state index contributed by atoms with van der Waals surface area (Å²) < 4.78 is 0. The van der Waals surface area contributed by atoms with Gasteiger partial charge in [0.15, 0.2) is 0 Å². The molecule has 1 atom stereocenters. The Bertz CT molecular complexity index is 729. The van der Waals surface area contributed by atoms with Gasteiger partial charge < -0.3 is 5.11 Å². The van der Waals surface area contributed by atoms with E-state index in [1.807, 2.05) is 0 Å². The molecule has 0 aliphatic carbocycles. The second kappa shape index (κ2) is 40.8. The van der Waals surface area contributed by atoms with Crippen LogP contribution < -0.4 is 0 Å². The van der Waals surface area contributed by atoms with Crippen molar-refractivity contribution in [3.8, 4) is 0 Å². The number of hydrogen-bond donors (Lipinski definition) is 1. The van der Waals surface area contributed by atoms with Crippen LogP contribution >= 0.6 is 0 Å².